The van der Waals surface area contributed by atoms with E-state index in [9.17, 15) is 30.0 Å². The van der Waals surface area contributed by atoms with E-state index in [2.05, 4.69) is 5.32 Å². The average Bonchev–Trinajstić information content (AvgIpc) is 2.38. The number of hydrogen-bond donors (Lipinski definition) is 8. The molecule has 1 rings (SSSR count). The Hall–Kier alpha value is -1.34. The van der Waals surface area contributed by atoms with Crippen LogP contribution >= 0.6 is 0 Å². The summed E-state index contributed by atoms with van der Waals surface area (Å²) in [7, 11) is 0. The average molecular weight is 324 g/mol. The molecular weight excluding hydrogens is 304 g/mol. The molecule has 0 bridgehead atoms. The first-order chi connectivity index (χ1) is 9.94. The van der Waals surface area contributed by atoms with E-state index in [1.165, 1.54) is 0 Å². The second-order valence-corrected chi connectivity index (χ2v) is 5.26. The van der Waals surface area contributed by atoms with Crippen LogP contribution in [0.5, 0.6) is 0 Å². The molecule has 0 saturated carbocycles. The largest absolute Gasteiger partial charge is 0.477 e. The van der Waals surface area contributed by atoms with Gasteiger partial charge in [-0.05, 0) is 0 Å². The summed E-state index contributed by atoms with van der Waals surface area (Å²) in [6, 6.07) is -1.54. The number of ether oxygens (including phenoxy) is 1. The van der Waals surface area contributed by atoms with E-state index in [0.717, 1.165) is 6.92 Å². The normalized spacial score (nSPS) is 38.1. The molecule has 0 aromatic rings. The number of rotatable bonds is 5. The van der Waals surface area contributed by atoms with Crippen molar-refractivity contribution in [3.05, 3.63) is 0 Å². The van der Waals surface area contributed by atoms with Gasteiger partial charge in [-0.2, -0.15) is 0 Å². The van der Waals surface area contributed by atoms with E-state index in [1.54, 1.807) is 0 Å². The second kappa shape index (κ2) is 6.42. The lowest BCUT2D eigenvalue weighted by molar-refractivity contribution is -0.312. The van der Waals surface area contributed by atoms with E-state index in [0.29, 0.717) is 0 Å². The Morgan fingerprint density at radius 3 is 2.36 bits per heavy atom. The van der Waals surface area contributed by atoms with Crippen molar-refractivity contribution in [3.8, 4) is 0 Å². The van der Waals surface area contributed by atoms with Gasteiger partial charge in [0.25, 0.3) is 5.79 Å². The second-order valence-electron chi connectivity index (χ2n) is 5.26. The van der Waals surface area contributed by atoms with E-state index < -0.39 is 60.8 Å². The monoisotopic (exact) mass is 324 g/mol. The SMILES string of the molecule is CC(=O)N[C@H]1[C@H](C(O)C(O)CO)OC(O)(C(=O)O)C[C@]1(N)O. The molecule has 11 heteroatoms. The highest BCUT2D eigenvalue weighted by atomic mass is 16.7. The first kappa shape index (κ1) is 18.7. The van der Waals surface area contributed by atoms with E-state index in [4.69, 9.17) is 20.7 Å². The van der Waals surface area contributed by atoms with Gasteiger partial charge in [-0.15, -0.1) is 0 Å². The standard InChI is InChI=1S/C11H20N2O9/c1-4(15)13-8-7(6(17)5(16)2-14)22-11(21,9(18)19)3-10(8,12)20/h5-8,14,16-17,20-21H,2-3,12H2,1H3,(H,13,15)(H,18,19)/t5?,6?,7-,8-,10-,11?/m0/s1. The molecule has 9 N–H and O–H groups in total. The molecule has 1 fully saturated rings. The third kappa shape index (κ3) is 3.70. The molecule has 1 heterocycles. The summed E-state index contributed by atoms with van der Waals surface area (Å²) in [6.07, 6.45) is -6.52. The van der Waals surface area contributed by atoms with Crippen molar-refractivity contribution < 1.29 is 45.0 Å². The van der Waals surface area contributed by atoms with Crippen molar-refractivity contribution in [2.45, 2.75) is 49.2 Å². The zero-order valence-corrected chi connectivity index (χ0v) is 11.7. The Kier molecular flexibility index (Phi) is 5.46. The minimum absolute atomic E-state index is 0.686. The van der Waals surface area contributed by atoms with Crippen LogP contribution in [0.3, 0.4) is 0 Å². The lowest BCUT2D eigenvalue weighted by Gasteiger charge is -2.49. The van der Waals surface area contributed by atoms with E-state index in [1.807, 2.05) is 0 Å². The molecule has 128 valence electrons. The highest BCUT2D eigenvalue weighted by molar-refractivity contribution is 5.76. The first-order valence-electron chi connectivity index (χ1n) is 6.33. The number of aliphatic carboxylic acids is 1. The van der Waals surface area contributed by atoms with Gasteiger partial charge in [-0.3, -0.25) is 4.79 Å². The van der Waals surface area contributed by atoms with Gasteiger partial charge in [-0.25, -0.2) is 4.79 Å². The highest BCUT2D eigenvalue weighted by Gasteiger charge is 2.59. The van der Waals surface area contributed by atoms with Gasteiger partial charge in [0.1, 0.15) is 30.1 Å². The summed E-state index contributed by atoms with van der Waals surface area (Å²) in [4.78, 5) is 22.3. The summed E-state index contributed by atoms with van der Waals surface area (Å²) < 4.78 is 4.85. The number of carbonyl (C=O) groups excluding carboxylic acids is 1. The van der Waals surface area contributed by atoms with E-state index >= 15 is 0 Å². The number of nitrogens with two attached hydrogens (primary N) is 1. The smallest absolute Gasteiger partial charge is 0.364 e. The van der Waals surface area contributed by atoms with Gasteiger partial charge in [0, 0.05) is 6.92 Å². The molecule has 3 unspecified atom stereocenters. The Labute approximate surface area is 124 Å². The predicted molar refractivity (Wildman–Crippen MR) is 67.9 cm³/mol. The molecule has 1 aliphatic rings. The third-order valence-electron chi connectivity index (χ3n) is 3.33. The van der Waals surface area contributed by atoms with Gasteiger partial charge in [0.15, 0.2) is 0 Å². The summed E-state index contributed by atoms with van der Waals surface area (Å²) in [5.74, 6) is -5.51. The summed E-state index contributed by atoms with van der Waals surface area (Å²) in [6.45, 7) is 0.155. The van der Waals surface area contributed by atoms with Crippen molar-refractivity contribution >= 4 is 11.9 Å². The minimum Gasteiger partial charge on any atom is -0.477 e. The zero-order chi connectivity index (χ0) is 17.3. The van der Waals surface area contributed by atoms with Gasteiger partial charge in [0.05, 0.1) is 13.0 Å². The Morgan fingerprint density at radius 1 is 1.41 bits per heavy atom. The molecule has 22 heavy (non-hydrogen) atoms. The number of nitrogens with one attached hydrogen (secondary N) is 1. The molecule has 0 radical (unpaired) electrons. The molecule has 0 aliphatic carbocycles. The van der Waals surface area contributed by atoms with Crippen LogP contribution in [0.4, 0.5) is 0 Å². The topological polar surface area (TPSA) is 203 Å². The van der Waals surface area contributed by atoms with E-state index in [-0.39, 0.29) is 0 Å². The van der Waals surface area contributed by atoms with Crippen molar-refractivity contribution in [1.82, 2.24) is 5.32 Å². The molecular formula is C11H20N2O9. The number of carbonyl (C=O) groups is 2. The van der Waals surface area contributed by atoms with Crippen LogP contribution in [0.2, 0.25) is 0 Å². The van der Waals surface area contributed by atoms with Crippen molar-refractivity contribution in [2.24, 2.45) is 5.73 Å². The number of amides is 1. The van der Waals surface area contributed by atoms with Crippen molar-refractivity contribution in [1.29, 1.82) is 0 Å². The number of aliphatic hydroxyl groups is 5. The van der Waals surface area contributed by atoms with Crippen LogP contribution in [-0.4, -0.2) is 85.0 Å². The van der Waals surface area contributed by atoms with Crippen molar-refractivity contribution in [3.63, 3.8) is 0 Å². The molecule has 1 aliphatic heterocycles. The van der Waals surface area contributed by atoms with Crippen molar-refractivity contribution in [2.75, 3.05) is 6.61 Å². The maximum atomic E-state index is 11.2. The van der Waals surface area contributed by atoms with Crippen LogP contribution in [0.1, 0.15) is 13.3 Å². The quantitative estimate of drug-likeness (QED) is 0.227. The number of carboxylic acids is 1. The Balaban J connectivity index is 3.22. The molecule has 1 amide bonds. The van der Waals surface area contributed by atoms with Crippen LogP contribution < -0.4 is 11.1 Å². The fourth-order valence-electron chi connectivity index (χ4n) is 2.26. The molecule has 0 aromatic heterocycles. The first-order valence-corrected chi connectivity index (χ1v) is 6.33. The third-order valence-corrected chi connectivity index (χ3v) is 3.33. The van der Waals surface area contributed by atoms with Gasteiger partial charge in [-0.1, -0.05) is 0 Å². The Morgan fingerprint density at radius 2 is 1.95 bits per heavy atom. The molecule has 11 nitrogen and oxygen atoms in total. The lowest BCUT2D eigenvalue weighted by atomic mass is 9.84. The lowest BCUT2D eigenvalue weighted by Crippen LogP contribution is -2.75. The number of carboxylic acid groups (broad SMARTS) is 1. The predicted octanol–water partition coefficient (Wildman–Crippen LogP) is -4.59. The molecule has 0 spiro atoms. The zero-order valence-electron chi connectivity index (χ0n) is 11.7. The molecule has 0 aromatic carbocycles. The minimum atomic E-state index is -2.95. The fraction of sp³-hybridized carbons (Fsp3) is 0.818. The highest BCUT2D eigenvalue weighted by Crippen LogP contribution is 2.34. The van der Waals surface area contributed by atoms with Crippen LogP contribution in [0.15, 0.2) is 0 Å². The van der Waals surface area contributed by atoms with Gasteiger partial charge >= 0.3 is 5.97 Å². The van der Waals surface area contributed by atoms with Gasteiger partial charge in [0.2, 0.25) is 5.91 Å². The Bertz CT molecular complexity index is 443. The van der Waals surface area contributed by atoms with Crippen LogP contribution in [0.25, 0.3) is 0 Å². The number of hydrogen-bond acceptors (Lipinski definition) is 9. The molecule has 6 atom stereocenters. The number of aliphatic hydroxyl groups excluding tert-OH is 3. The summed E-state index contributed by atoms with van der Waals surface area (Å²) in [5, 5.41) is 59.4. The summed E-state index contributed by atoms with van der Waals surface area (Å²) >= 11 is 0. The van der Waals surface area contributed by atoms with Crippen LogP contribution in [-0.2, 0) is 14.3 Å². The van der Waals surface area contributed by atoms with Crippen LogP contribution in [0, 0.1) is 0 Å². The maximum absolute atomic E-state index is 11.2. The fourth-order valence-corrected chi connectivity index (χ4v) is 2.26. The molecule has 1 saturated heterocycles. The summed E-state index contributed by atoms with van der Waals surface area (Å²) in [5.41, 5.74) is 3.08. The maximum Gasteiger partial charge on any atom is 0.364 e. The van der Waals surface area contributed by atoms with Gasteiger partial charge < -0.3 is 46.4 Å².